The van der Waals surface area contributed by atoms with Crippen LogP contribution in [-0.4, -0.2) is 28.9 Å². The maximum Gasteiger partial charge on any atom is 0.238 e. The molecule has 4 heterocycles. The highest BCUT2D eigenvalue weighted by atomic mass is 15.2. The molecule has 0 amide bonds. The molecule has 6 heteroatoms. The molecule has 0 unspecified atom stereocenters. The summed E-state index contributed by atoms with van der Waals surface area (Å²) >= 11 is 0. The number of para-hydroxylation sites is 2. The van der Waals surface area contributed by atoms with Gasteiger partial charge >= 0.3 is 0 Å². The minimum atomic E-state index is 0.553. The highest BCUT2D eigenvalue weighted by Gasteiger charge is 2.25. The second-order valence-electron chi connectivity index (χ2n) is 13.5. The SMILES string of the molecule is c1ccc(-c2nc(-c3ccccc3)nc(-n3c4ccccc4c4ccc5c6ccccc6n6c(-c7ccccc7)nc(-c7ccccc7)c6c5c43)n2)cc1. The van der Waals surface area contributed by atoms with Gasteiger partial charge in [0.2, 0.25) is 5.95 Å². The van der Waals surface area contributed by atoms with Gasteiger partial charge in [-0.15, -0.1) is 0 Å². The maximum absolute atomic E-state index is 5.51. The molecule has 11 rings (SSSR count). The summed E-state index contributed by atoms with van der Waals surface area (Å²) in [7, 11) is 0. The van der Waals surface area contributed by atoms with Gasteiger partial charge in [0.05, 0.1) is 27.8 Å². The van der Waals surface area contributed by atoms with Crippen LogP contribution in [0.3, 0.4) is 0 Å². The summed E-state index contributed by atoms with van der Waals surface area (Å²) in [5.41, 5.74) is 9.01. The maximum atomic E-state index is 5.51. The molecule has 0 N–H and O–H groups in total. The number of hydrogen-bond donors (Lipinski definition) is 0. The first-order valence-electron chi connectivity index (χ1n) is 18.1. The second-order valence-corrected chi connectivity index (χ2v) is 13.5. The number of benzene rings is 7. The Kier molecular flexibility index (Phi) is 6.75. The third-order valence-electron chi connectivity index (χ3n) is 10.4. The number of rotatable bonds is 5. The molecular weight excluding hydrogens is 661 g/mol. The lowest BCUT2D eigenvalue weighted by atomic mass is 9.99. The van der Waals surface area contributed by atoms with Gasteiger partial charge in [0.1, 0.15) is 5.82 Å². The Morgan fingerprint density at radius 1 is 0.333 bits per heavy atom. The number of imidazole rings is 1. The van der Waals surface area contributed by atoms with Gasteiger partial charge in [-0.1, -0.05) is 170 Å². The average molecular weight is 691 g/mol. The van der Waals surface area contributed by atoms with Crippen LogP contribution in [0.15, 0.2) is 182 Å². The van der Waals surface area contributed by atoms with E-state index in [1.54, 1.807) is 0 Å². The Balaban J connectivity index is 1.38. The predicted octanol–water partition coefficient (Wildman–Crippen LogP) is 11.6. The van der Waals surface area contributed by atoms with E-state index in [-0.39, 0.29) is 0 Å². The Hall–Kier alpha value is -7.44. The summed E-state index contributed by atoms with van der Waals surface area (Å²) in [5, 5.41) is 5.58. The smallest absolute Gasteiger partial charge is 0.238 e. The van der Waals surface area contributed by atoms with Gasteiger partial charge in [-0.2, -0.15) is 9.97 Å². The van der Waals surface area contributed by atoms with Gasteiger partial charge in [0.15, 0.2) is 11.6 Å². The highest BCUT2D eigenvalue weighted by Crippen LogP contribution is 2.44. The van der Waals surface area contributed by atoms with Gasteiger partial charge in [-0.3, -0.25) is 8.97 Å². The molecule has 0 spiro atoms. The summed E-state index contributed by atoms with van der Waals surface area (Å²) in [6, 6.07) is 63.0. The Morgan fingerprint density at radius 2 is 0.815 bits per heavy atom. The highest BCUT2D eigenvalue weighted by molar-refractivity contribution is 6.28. The third-order valence-corrected chi connectivity index (χ3v) is 10.4. The number of pyridine rings is 1. The first-order chi connectivity index (χ1) is 26.8. The molecule has 0 bridgehead atoms. The predicted molar refractivity (Wildman–Crippen MR) is 220 cm³/mol. The van der Waals surface area contributed by atoms with E-state index in [0.29, 0.717) is 17.6 Å². The topological polar surface area (TPSA) is 60.9 Å². The summed E-state index contributed by atoms with van der Waals surface area (Å²) in [6.07, 6.45) is 0. The van der Waals surface area contributed by atoms with Gasteiger partial charge < -0.3 is 0 Å². The van der Waals surface area contributed by atoms with E-state index in [9.17, 15) is 0 Å². The molecule has 0 radical (unpaired) electrons. The van der Waals surface area contributed by atoms with Gasteiger partial charge in [-0.05, 0) is 17.5 Å². The largest absolute Gasteiger partial charge is 0.291 e. The molecule has 0 aliphatic heterocycles. The fourth-order valence-electron chi connectivity index (χ4n) is 7.99. The van der Waals surface area contributed by atoms with Gasteiger partial charge in [-0.25, -0.2) is 9.97 Å². The molecule has 0 saturated carbocycles. The number of aromatic nitrogens is 6. The summed E-state index contributed by atoms with van der Waals surface area (Å²) in [6.45, 7) is 0. The summed E-state index contributed by atoms with van der Waals surface area (Å²) in [5.74, 6) is 2.67. The molecule has 0 saturated heterocycles. The number of nitrogens with zero attached hydrogens (tertiary/aromatic N) is 6. The van der Waals surface area contributed by atoms with Crippen molar-refractivity contribution in [1.82, 2.24) is 28.9 Å². The van der Waals surface area contributed by atoms with Crippen LogP contribution in [-0.2, 0) is 0 Å². The Bertz CT molecular complexity index is 3130. The van der Waals surface area contributed by atoms with E-state index in [0.717, 1.165) is 82.8 Å². The molecule has 0 fully saturated rings. The normalized spacial score (nSPS) is 11.7. The molecule has 252 valence electrons. The molecule has 0 aliphatic carbocycles. The van der Waals surface area contributed by atoms with Crippen LogP contribution < -0.4 is 0 Å². The van der Waals surface area contributed by atoms with Gasteiger partial charge in [0, 0.05) is 43.8 Å². The van der Waals surface area contributed by atoms with Crippen LogP contribution in [0.1, 0.15) is 0 Å². The van der Waals surface area contributed by atoms with Crippen molar-refractivity contribution in [1.29, 1.82) is 0 Å². The standard InChI is InChI=1S/C48H30N6/c1-5-17-31(18-6-1)42-44-41-37(35-25-13-15-27-39(35)53(44)47(49-42)34-23-11-4-12-24-34)29-30-38-36-26-14-16-28-40(36)54(43(38)41)48-51-45(32-19-7-2-8-20-32)50-46(52-48)33-21-9-3-10-22-33/h1-30H. The van der Waals surface area contributed by atoms with Gasteiger partial charge in [0.25, 0.3) is 0 Å². The first-order valence-corrected chi connectivity index (χ1v) is 18.1. The number of hydrogen-bond acceptors (Lipinski definition) is 4. The van der Waals surface area contributed by atoms with Crippen molar-refractivity contribution in [2.75, 3.05) is 0 Å². The van der Waals surface area contributed by atoms with Crippen LogP contribution in [0.2, 0.25) is 0 Å². The van der Waals surface area contributed by atoms with E-state index < -0.39 is 0 Å². The van der Waals surface area contributed by atoms with Crippen LogP contribution in [0.4, 0.5) is 0 Å². The van der Waals surface area contributed by atoms with E-state index in [1.807, 2.05) is 60.7 Å². The average Bonchev–Trinajstić information content (AvgIpc) is 3.82. The van der Waals surface area contributed by atoms with Crippen molar-refractivity contribution >= 4 is 49.0 Å². The van der Waals surface area contributed by atoms with Crippen molar-refractivity contribution < 1.29 is 0 Å². The Morgan fingerprint density at radius 3 is 1.43 bits per heavy atom. The van der Waals surface area contributed by atoms with Crippen LogP contribution in [0, 0.1) is 0 Å². The first kappa shape index (κ1) is 30.2. The van der Waals surface area contributed by atoms with Crippen molar-refractivity contribution in [3.8, 4) is 51.4 Å². The lowest BCUT2D eigenvalue weighted by molar-refractivity contribution is 0.955. The summed E-state index contributed by atoms with van der Waals surface area (Å²) in [4.78, 5) is 21.1. The van der Waals surface area contributed by atoms with E-state index in [2.05, 4.69) is 130 Å². The van der Waals surface area contributed by atoms with Crippen molar-refractivity contribution in [2.24, 2.45) is 0 Å². The fourth-order valence-corrected chi connectivity index (χ4v) is 7.99. The van der Waals surface area contributed by atoms with Crippen molar-refractivity contribution in [3.63, 3.8) is 0 Å². The zero-order chi connectivity index (χ0) is 35.6. The summed E-state index contributed by atoms with van der Waals surface area (Å²) < 4.78 is 4.60. The molecule has 11 aromatic rings. The van der Waals surface area contributed by atoms with Crippen LogP contribution in [0.5, 0.6) is 0 Å². The van der Waals surface area contributed by atoms with Crippen molar-refractivity contribution in [3.05, 3.63) is 182 Å². The molecule has 0 aliphatic rings. The van der Waals surface area contributed by atoms with Crippen molar-refractivity contribution in [2.45, 2.75) is 0 Å². The molecular formula is C48H30N6. The molecule has 54 heavy (non-hydrogen) atoms. The molecule has 7 aromatic carbocycles. The molecule has 4 aromatic heterocycles. The lowest BCUT2D eigenvalue weighted by Gasteiger charge is -2.15. The van der Waals surface area contributed by atoms with E-state index in [1.165, 1.54) is 0 Å². The zero-order valence-electron chi connectivity index (χ0n) is 29.0. The lowest BCUT2D eigenvalue weighted by Crippen LogP contribution is -2.07. The monoisotopic (exact) mass is 690 g/mol. The fraction of sp³-hybridized carbons (Fsp3) is 0. The minimum Gasteiger partial charge on any atom is -0.291 e. The van der Waals surface area contributed by atoms with Crippen LogP contribution in [0.25, 0.3) is 100 Å². The molecule has 6 nitrogen and oxygen atoms in total. The third kappa shape index (κ3) is 4.60. The second kappa shape index (κ2) is 12.1. The zero-order valence-corrected chi connectivity index (χ0v) is 29.0. The van der Waals surface area contributed by atoms with E-state index in [4.69, 9.17) is 19.9 Å². The molecule has 0 atom stereocenters. The van der Waals surface area contributed by atoms with E-state index >= 15 is 0 Å². The minimum absolute atomic E-state index is 0.553. The van der Waals surface area contributed by atoms with Crippen LogP contribution >= 0.6 is 0 Å². The number of fused-ring (bicyclic) bond motifs is 10. The Labute approximate surface area is 310 Å². The quantitative estimate of drug-likeness (QED) is 0.169.